The molecule has 0 saturated heterocycles. The fourth-order valence-electron chi connectivity index (χ4n) is 3.34. The summed E-state index contributed by atoms with van der Waals surface area (Å²) in [5.41, 5.74) is 1.33. The highest BCUT2D eigenvalue weighted by atomic mass is 32.2. The van der Waals surface area contributed by atoms with Crippen LogP contribution in [0, 0.1) is 4.91 Å². The van der Waals surface area contributed by atoms with Crippen LogP contribution in [0.1, 0.15) is 0 Å². The highest BCUT2D eigenvalue weighted by Gasteiger charge is 2.22. The third-order valence-electron chi connectivity index (χ3n) is 4.92. The number of aromatic amines is 1. The first-order valence-corrected chi connectivity index (χ1v) is 11.7. The molecule has 33 heavy (non-hydrogen) atoms. The third kappa shape index (κ3) is 3.52. The van der Waals surface area contributed by atoms with Gasteiger partial charge in [0, 0.05) is 11.5 Å². The Kier molecular flexibility index (Phi) is 4.91. The molecule has 0 unspecified atom stereocenters. The summed E-state index contributed by atoms with van der Waals surface area (Å²) in [4.78, 5) is 26.4. The van der Waals surface area contributed by atoms with Crippen molar-refractivity contribution in [2.75, 3.05) is 12.4 Å². The van der Waals surface area contributed by atoms with Gasteiger partial charge in [-0.15, -0.1) is 4.91 Å². The van der Waals surface area contributed by atoms with Crippen molar-refractivity contribution in [1.29, 1.82) is 0 Å². The van der Waals surface area contributed by atoms with Crippen LogP contribution in [0.5, 0.6) is 11.5 Å². The Balaban J connectivity index is 1.53. The second-order valence-electron chi connectivity index (χ2n) is 6.84. The zero-order valence-electron chi connectivity index (χ0n) is 16.8. The molecule has 3 aromatic heterocycles. The quantitative estimate of drug-likeness (QED) is 0.300. The number of nitroso groups, excluding NO2 is 1. The molecule has 0 amide bonds. The fraction of sp³-hybridized carbons (Fsp3) is 0.0500. The van der Waals surface area contributed by atoms with E-state index in [1.807, 2.05) is 0 Å². The Morgan fingerprint density at radius 1 is 1.15 bits per heavy atom. The van der Waals surface area contributed by atoms with Gasteiger partial charge in [0.15, 0.2) is 16.6 Å². The van der Waals surface area contributed by atoms with Crippen LogP contribution in [0.2, 0.25) is 0 Å². The maximum absolute atomic E-state index is 12.9. The predicted molar refractivity (Wildman–Crippen MR) is 122 cm³/mol. The summed E-state index contributed by atoms with van der Waals surface area (Å²) in [7, 11) is -2.37. The smallest absolute Gasteiger partial charge is 0.217 e. The molecule has 0 radical (unpaired) electrons. The average Bonchev–Trinajstić information content (AvgIpc) is 3.44. The second kappa shape index (κ2) is 7.79. The number of hydrogen-bond donors (Lipinski definition) is 3. The van der Waals surface area contributed by atoms with Gasteiger partial charge in [-0.3, -0.25) is 0 Å². The van der Waals surface area contributed by atoms with Crippen molar-refractivity contribution < 1.29 is 18.3 Å². The molecular weight excluding hydrogens is 468 g/mol. The van der Waals surface area contributed by atoms with E-state index in [1.165, 1.54) is 50.0 Å². The summed E-state index contributed by atoms with van der Waals surface area (Å²) in [6, 6.07) is 8.49. The van der Waals surface area contributed by atoms with Gasteiger partial charge in [0.1, 0.15) is 27.7 Å². The number of ether oxygens (including phenoxy) is 1. The van der Waals surface area contributed by atoms with Crippen LogP contribution in [0.3, 0.4) is 0 Å². The molecule has 166 valence electrons. The number of hydrogen-bond acceptors (Lipinski definition) is 11. The van der Waals surface area contributed by atoms with Gasteiger partial charge in [-0.1, -0.05) is 11.3 Å². The second-order valence-corrected chi connectivity index (χ2v) is 10.0. The summed E-state index contributed by atoms with van der Waals surface area (Å²) in [6.45, 7) is 0. The number of benzene rings is 2. The van der Waals surface area contributed by atoms with Crippen LogP contribution in [-0.4, -0.2) is 40.6 Å². The zero-order valence-corrected chi connectivity index (χ0v) is 18.4. The van der Waals surface area contributed by atoms with Crippen molar-refractivity contribution in [3.63, 3.8) is 0 Å². The lowest BCUT2D eigenvalue weighted by molar-refractivity contribution is 0.374. The van der Waals surface area contributed by atoms with E-state index >= 15 is 0 Å². The number of nitrogens with one attached hydrogen (secondary N) is 2. The van der Waals surface area contributed by atoms with Crippen molar-refractivity contribution in [2.45, 2.75) is 9.10 Å². The van der Waals surface area contributed by atoms with Gasteiger partial charge in [0.25, 0.3) is 0 Å². The van der Waals surface area contributed by atoms with E-state index in [4.69, 9.17) is 4.74 Å². The van der Waals surface area contributed by atoms with Crippen molar-refractivity contribution in [3.05, 3.63) is 53.8 Å². The highest BCUT2D eigenvalue weighted by molar-refractivity contribution is 7.93. The molecular formula is C20H14N6O5S2. The van der Waals surface area contributed by atoms with Crippen LogP contribution in [-0.2, 0) is 9.84 Å². The van der Waals surface area contributed by atoms with Crippen molar-refractivity contribution in [2.24, 2.45) is 5.18 Å². The molecule has 11 nitrogen and oxygen atoms in total. The fourth-order valence-corrected chi connectivity index (χ4v) is 5.78. The topological polar surface area (TPSA) is 160 Å². The summed E-state index contributed by atoms with van der Waals surface area (Å²) in [5, 5.41) is 17.6. The standard InChI is InChI=1S/C20H14N6O5S2/c1-31-15-7-13-12(6-14(15)27)17-18(24-13)22-9-23-19(17)25-20-21-8-16(32-20)33(29,30)11-4-2-10(26-28)3-5-11/h2-9,27H,1H3,(H2,21,22,23,24,25). The van der Waals surface area contributed by atoms with Crippen LogP contribution >= 0.6 is 11.3 Å². The molecule has 0 aliphatic heterocycles. The SMILES string of the molecule is COc1cc2[nH]c3ncnc(Nc4ncc(S(=O)(=O)c5ccc(N=O)cc5)s4)c3c2cc1O. The number of nitrogens with zero attached hydrogens (tertiary/aromatic N) is 4. The largest absolute Gasteiger partial charge is 0.504 e. The molecule has 5 aromatic rings. The van der Waals surface area contributed by atoms with Crippen molar-refractivity contribution in [1.82, 2.24) is 19.9 Å². The van der Waals surface area contributed by atoms with E-state index < -0.39 is 9.84 Å². The lowest BCUT2D eigenvalue weighted by atomic mass is 10.2. The van der Waals surface area contributed by atoms with Crippen LogP contribution < -0.4 is 10.1 Å². The Morgan fingerprint density at radius 2 is 1.94 bits per heavy atom. The monoisotopic (exact) mass is 482 g/mol. The number of H-pyrrole nitrogens is 1. The molecule has 13 heteroatoms. The van der Waals surface area contributed by atoms with E-state index in [9.17, 15) is 18.4 Å². The summed E-state index contributed by atoms with van der Waals surface area (Å²) >= 11 is 0.930. The number of sulfone groups is 1. The maximum Gasteiger partial charge on any atom is 0.217 e. The van der Waals surface area contributed by atoms with Gasteiger partial charge in [-0.2, -0.15) is 0 Å². The summed E-state index contributed by atoms with van der Waals surface area (Å²) < 4.78 is 31.0. The third-order valence-corrected chi connectivity index (χ3v) is 8.06. The van der Waals surface area contributed by atoms with E-state index in [0.29, 0.717) is 38.6 Å². The number of aromatic nitrogens is 4. The first kappa shape index (κ1) is 20.8. The van der Waals surface area contributed by atoms with Crippen LogP contribution in [0.4, 0.5) is 16.6 Å². The normalized spacial score (nSPS) is 11.7. The number of aromatic hydroxyl groups is 1. The van der Waals surface area contributed by atoms with E-state index in [1.54, 1.807) is 6.07 Å². The van der Waals surface area contributed by atoms with Gasteiger partial charge >= 0.3 is 0 Å². The molecule has 0 aliphatic rings. The zero-order chi connectivity index (χ0) is 23.2. The maximum atomic E-state index is 12.9. The van der Waals surface area contributed by atoms with Crippen LogP contribution in [0.25, 0.3) is 21.9 Å². The molecule has 0 bridgehead atoms. The Labute approximate surface area is 190 Å². The van der Waals surface area contributed by atoms with E-state index in [0.717, 1.165) is 11.3 Å². The average molecular weight is 483 g/mol. The summed E-state index contributed by atoms with van der Waals surface area (Å²) in [5.74, 6) is 0.651. The molecule has 3 N–H and O–H groups in total. The number of rotatable bonds is 6. The van der Waals surface area contributed by atoms with Gasteiger partial charge < -0.3 is 20.1 Å². The van der Waals surface area contributed by atoms with Crippen molar-refractivity contribution >= 4 is 59.7 Å². The minimum absolute atomic E-state index is 0.0171. The number of thiazole rings is 1. The van der Waals surface area contributed by atoms with Gasteiger partial charge in [-0.05, 0) is 35.5 Å². The molecule has 2 aromatic carbocycles. The Bertz CT molecular complexity index is 1630. The molecule has 5 rings (SSSR count). The molecule has 0 spiro atoms. The molecule has 0 atom stereocenters. The van der Waals surface area contributed by atoms with Crippen molar-refractivity contribution in [3.8, 4) is 11.5 Å². The van der Waals surface area contributed by atoms with E-state index in [2.05, 4.69) is 30.4 Å². The minimum Gasteiger partial charge on any atom is -0.504 e. The lowest BCUT2D eigenvalue weighted by Crippen LogP contribution is -1.98. The van der Waals surface area contributed by atoms with Gasteiger partial charge in [0.05, 0.1) is 29.1 Å². The molecule has 3 heterocycles. The number of methoxy groups -OCH3 is 1. The Hall–Kier alpha value is -4.10. The summed E-state index contributed by atoms with van der Waals surface area (Å²) in [6.07, 6.45) is 2.60. The highest BCUT2D eigenvalue weighted by Crippen LogP contribution is 2.38. The first-order valence-electron chi connectivity index (χ1n) is 9.35. The predicted octanol–water partition coefficient (Wildman–Crippen LogP) is 4.26. The lowest BCUT2D eigenvalue weighted by Gasteiger charge is -2.05. The number of fused-ring (bicyclic) bond motifs is 3. The first-order chi connectivity index (χ1) is 15.9. The molecule has 0 aliphatic carbocycles. The van der Waals surface area contributed by atoms with Crippen LogP contribution in [0.15, 0.2) is 63.2 Å². The number of phenolic OH excluding ortho intramolecular Hbond substituents is 1. The minimum atomic E-state index is -3.83. The van der Waals surface area contributed by atoms with E-state index in [-0.39, 0.29) is 20.5 Å². The van der Waals surface area contributed by atoms with Gasteiger partial charge in [-0.25, -0.2) is 23.4 Å². The van der Waals surface area contributed by atoms with Gasteiger partial charge in [0.2, 0.25) is 9.84 Å². The molecule has 0 saturated carbocycles. The number of anilines is 2. The molecule has 0 fully saturated rings. The Morgan fingerprint density at radius 3 is 2.67 bits per heavy atom. The number of phenols is 1.